The van der Waals surface area contributed by atoms with Gasteiger partial charge in [0, 0.05) is 5.02 Å². The van der Waals surface area contributed by atoms with Crippen molar-refractivity contribution >= 4 is 29.4 Å². The van der Waals surface area contributed by atoms with E-state index in [4.69, 9.17) is 21.1 Å². The number of halogens is 1. The van der Waals surface area contributed by atoms with Crippen LogP contribution < -0.4 is 5.32 Å². The first kappa shape index (κ1) is 15.2. The third-order valence-electron chi connectivity index (χ3n) is 4.99. The van der Waals surface area contributed by atoms with E-state index in [2.05, 4.69) is 5.32 Å². The molecule has 1 saturated heterocycles. The van der Waals surface area contributed by atoms with Crippen LogP contribution in [0.2, 0.25) is 5.02 Å². The lowest BCUT2D eigenvalue weighted by Gasteiger charge is -2.54. The molecule has 6 nitrogen and oxygen atoms in total. The van der Waals surface area contributed by atoms with Crippen LogP contribution >= 0.6 is 11.6 Å². The standard InChI is InChI=1S/C17H14ClNO5/c1-17-13(12-14(17)16(22)19-15(12)21)10(6-11(20)24-17)23-7-8-2-4-9(18)5-3-8/h2-6,12-14H,7H2,1H3,(H,19,21,22)/t12-,13+,14+,17+/m1/s1. The summed E-state index contributed by atoms with van der Waals surface area (Å²) in [6, 6.07) is 7.13. The minimum atomic E-state index is -1.04. The highest BCUT2D eigenvalue weighted by Crippen LogP contribution is 2.58. The van der Waals surface area contributed by atoms with Gasteiger partial charge in [-0.1, -0.05) is 23.7 Å². The lowest BCUT2D eigenvalue weighted by Crippen LogP contribution is -2.66. The molecule has 1 aliphatic carbocycles. The van der Waals surface area contributed by atoms with Gasteiger partial charge in [-0.25, -0.2) is 4.79 Å². The van der Waals surface area contributed by atoms with Gasteiger partial charge >= 0.3 is 5.97 Å². The zero-order valence-electron chi connectivity index (χ0n) is 12.7. The summed E-state index contributed by atoms with van der Waals surface area (Å²) in [5.41, 5.74) is -0.161. The second-order valence-corrected chi connectivity index (χ2v) is 6.84. The number of ether oxygens (including phenoxy) is 2. The molecule has 4 atom stereocenters. The zero-order chi connectivity index (χ0) is 17.1. The predicted octanol–water partition coefficient (Wildman–Crippen LogP) is 1.57. The summed E-state index contributed by atoms with van der Waals surface area (Å²) in [7, 11) is 0. The van der Waals surface area contributed by atoms with Gasteiger partial charge in [0.15, 0.2) is 0 Å². The average Bonchev–Trinajstić information content (AvgIpc) is 2.77. The minimum absolute atomic E-state index is 0.232. The van der Waals surface area contributed by atoms with Gasteiger partial charge in [0.05, 0.1) is 23.8 Å². The molecule has 0 unspecified atom stereocenters. The highest BCUT2D eigenvalue weighted by molar-refractivity contribution is 6.30. The minimum Gasteiger partial charge on any atom is -0.492 e. The number of benzene rings is 1. The third-order valence-corrected chi connectivity index (χ3v) is 5.24. The van der Waals surface area contributed by atoms with Crippen LogP contribution in [0, 0.1) is 17.8 Å². The SMILES string of the molecule is C[C@]12OC(=O)C=C(OCc3ccc(Cl)cc3)[C@H]1[C@H]1C(=O)NC(=O)[C@H]12. The second kappa shape index (κ2) is 5.08. The van der Waals surface area contributed by atoms with Gasteiger partial charge in [0.2, 0.25) is 11.8 Å². The quantitative estimate of drug-likeness (QED) is 0.663. The van der Waals surface area contributed by atoms with Crippen LogP contribution in [0.4, 0.5) is 0 Å². The second-order valence-electron chi connectivity index (χ2n) is 6.40. The first-order valence-electron chi connectivity index (χ1n) is 7.56. The number of imide groups is 1. The molecule has 1 N–H and O–H groups in total. The molecule has 124 valence electrons. The molecule has 2 heterocycles. The number of esters is 1. The van der Waals surface area contributed by atoms with E-state index in [0.29, 0.717) is 10.8 Å². The summed E-state index contributed by atoms with van der Waals surface area (Å²) in [5.74, 6) is -2.56. The van der Waals surface area contributed by atoms with Crippen molar-refractivity contribution in [1.29, 1.82) is 0 Å². The summed E-state index contributed by atoms with van der Waals surface area (Å²) in [6.07, 6.45) is 1.26. The van der Waals surface area contributed by atoms with Gasteiger partial charge in [-0.15, -0.1) is 0 Å². The normalized spacial score (nSPS) is 33.7. The van der Waals surface area contributed by atoms with Crippen molar-refractivity contribution in [1.82, 2.24) is 5.32 Å². The number of amides is 2. The van der Waals surface area contributed by atoms with Gasteiger partial charge in [0.25, 0.3) is 0 Å². The van der Waals surface area contributed by atoms with Crippen LogP contribution in [0.3, 0.4) is 0 Å². The molecule has 7 heteroatoms. The highest BCUT2D eigenvalue weighted by atomic mass is 35.5. The maximum atomic E-state index is 12.0. The van der Waals surface area contributed by atoms with Crippen molar-refractivity contribution in [2.24, 2.45) is 17.8 Å². The van der Waals surface area contributed by atoms with Crippen LogP contribution in [-0.2, 0) is 30.5 Å². The molecule has 0 spiro atoms. The van der Waals surface area contributed by atoms with Gasteiger partial charge in [0.1, 0.15) is 18.0 Å². The number of fused-ring (bicyclic) bond motifs is 4. The van der Waals surface area contributed by atoms with E-state index in [1.165, 1.54) is 6.08 Å². The van der Waals surface area contributed by atoms with E-state index < -0.39 is 35.2 Å². The van der Waals surface area contributed by atoms with Crippen LogP contribution in [0.25, 0.3) is 0 Å². The van der Waals surface area contributed by atoms with E-state index in [1.807, 2.05) is 12.1 Å². The van der Waals surface area contributed by atoms with Crippen LogP contribution in [-0.4, -0.2) is 23.4 Å². The molecular formula is C17H14ClNO5. The van der Waals surface area contributed by atoms with Crippen LogP contribution in [0.15, 0.2) is 36.1 Å². The Morgan fingerprint density at radius 3 is 2.58 bits per heavy atom. The van der Waals surface area contributed by atoms with E-state index >= 15 is 0 Å². The number of rotatable bonds is 3. The van der Waals surface area contributed by atoms with E-state index in [9.17, 15) is 14.4 Å². The molecule has 1 aromatic rings. The van der Waals surface area contributed by atoms with Crippen molar-refractivity contribution in [3.8, 4) is 0 Å². The van der Waals surface area contributed by atoms with E-state index in [1.54, 1.807) is 19.1 Å². The van der Waals surface area contributed by atoms with Crippen LogP contribution in [0.1, 0.15) is 12.5 Å². The number of nitrogens with one attached hydrogen (secondary N) is 1. The monoisotopic (exact) mass is 347 g/mol. The van der Waals surface area contributed by atoms with Gasteiger partial charge in [-0.05, 0) is 24.6 Å². The fraction of sp³-hybridized carbons (Fsp3) is 0.353. The van der Waals surface area contributed by atoms with Gasteiger partial charge in [-0.2, -0.15) is 0 Å². The molecule has 2 aliphatic heterocycles. The van der Waals surface area contributed by atoms with Gasteiger partial charge in [-0.3, -0.25) is 14.9 Å². The summed E-state index contributed by atoms with van der Waals surface area (Å²) in [6.45, 7) is 1.91. The largest absolute Gasteiger partial charge is 0.492 e. The Labute approximate surface area is 142 Å². The molecule has 3 aliphatic rings. The Morgan fingerprint density at radius 1 is 1.17 bits per heavy atom. The molecule has 4 rings (SSSR count). The lowest BCUT2D eigenvalue weighted by molar-refractivity contribution is -0.212. The Morgan fingerprint density at radius 2 is 1.88 bits per heavy atom. The zero-order valence-corrected chi connectivity index (χ0v) is 13.5. The smallest absolute Gasteiger partial charge is 0.334 e. The molecule has 1 saturated carbocycles. The fourth-order valence-electron chi connectivity index (χ4n) is 3.91. The average molecular weight is 348 g/mol. The summed E-state index contributed by atoms with van der Waals surface area (Å²) < 4.78 is 11.2. The summed E-state index contributed by atoms with van der Waals surface area (Å²) in [4.78, 5) is 35.8. The fourth-order valence-corrected chi connectivity index (χ4v) is 4.03. The van der Waals surface area contributed by atoms with Crippen molar-refractivity contribution < 1.29 is 23.9 Å². The maximum Gasteiger partial charge on any atom is 0.334 e. The Bertz CT molecular complexity index is 787. The van der Waals surface area contributed by atoms with Gasteiger partial charge < -0.3 is 9.47 Å². The third kappa shape index (κ3) is 2.06. The first-order valence-corrected chi connectivity index (χ1v) is 7.94. The highest BCUT2D eigenvalue weighted by Gasteiger charge is 2.73. The topological polar surface area (TPSA) is 81.7 Å². The van der Waals surface area contributed by atoms with Crippen LogP contribution in [0.5, 0.6) is 0 Å². The molecule has 2 amide bonds. The Hall–Kier alpha value is -2.34. The first-order chi connectivity index (χ1) is 11.4. The van der Waals surface area contributed by atoms with Crippen molar-refractivity contribution in [3.63, 3.8) is 0 Å². The van der Waals surface area contributed by atoms with Crippen molar-refractivity contribution in [3.05, 3.63) is 46.7 Å². The molecule has 0 radical (unpaired) electrons. The summed E-state index contributed by atoms with van der Waals surface area (Å²) >= 11 is 5.85. The maximum absolute atomic E-state index is 12.0. The predicted molar refractivity (Wildman–Crippen MR) is 82.4 cm³/mol. The summed E-state index contributed by atoms with van der Waals surface area (Å²) in [5, 5.41) is 2.93. The molecular weight excluding hydrogens is 334 g/mol. The molecule has 0 aromatic heterocycles. The van der Waals surface area contributed by atoms with Crippen molar-refractivity contribution in [2.45, 2.75) is 19.1 Å². The molecule has 1 aromatic carbocycles. The Kier molecular flexibility index (Phi) is 3.22. The number of hydrogen-bond donors (Lipinski definition) is 1. The molecule has 24 heavy (non-hydrogen) atoms. The van der Waals surface area contributed by atoms with E-state index in [0.717, 1.165) is 5.56 Å². The number of carbonyl (C=O) groups is 3. The number of carbonyl (C=O) groups excluding carboxylic acids is 3. The Balaban J connectivity index is 1.58. The lowest BCUT2D eigenvalue weighted by atomic mass is 9.53. The van der Waals surface area contributed by atoms with E-state index in [-0.39, 0.29) is 12.5 Å². The molecule has 2 fully saturated rings. The van der Waals surface area contributed by atoms with Crippen molar-refractivity contribution in [2.75, 3.05) is 0 Å². The molecule has 0 bridgehead atoms. The number of hydrogen-bond acceptors (Lipinski definition) is 5.